The van der Waals surface area contributed by atoms with Crippen LogP contribution < -0.4 is 0 Å². The highest BCUT2D eigenvalue weighted by Gasteiger charge is 2.37. The number of aryl methyl sites for hydroxylation is 1. The maximum absolute atomic E-state index is 13.2. The molecular formula is C23H28N4O5S. The number of sulfonamides is 1. The molecule has 33 heavy (non-hydrogen) atoms. The average molecular weight is 473 g/mol. The van der Waals surface area contributed by atoms with Crippen LogP contribution in [0.15, 0.2) is 53.4 Å². The molecule has 0 N–H and O–H groups in total. The fourth-order valence-electron chi connectivity index (χ4n) is 4.59. The van der Waals surface area contributed by atoms with Crippen molar-refractivity contribution in [2.24, 2.45) is 0 Å². The lowest BCUT2D eigenvalue weighted by molar-refractivity contribution is -0.385. The van der Waals surface area contributed by atoms with Crippen molar-refractivity contribution in [2.45, 2.75) is 37.2 Å². The van der Waals surface area contributed by atoms with E-state index in [2.05, 4.69) is 17.0 Å². The Kier molecular flexibility index (Phi) is 6.78. The molecule has 2 heterocycles. The normalized spacial score (nSPS) is 20.2. The molecule has 2 aliphatic rings. The highest BCUT2D eigenvalue weighted by molar-refractivity contribution is 7.89. The maximum Gasteiger partial charge on any atom is 0.270 e. The number of carbonyl (C=O) groups is 1. The Morgan fingerprint density at radius 1 is 1.06 bits per heavy atom. The second kappa shape index (κ2) is 9.58. The summed E-state index contributed by atoms with van der Waals surface area (Å²) < 4.78 is 27.6. The number of amides is 1. The summed E-state index contributed by atoms with van der Waals surface area (Å²) in [4.78, 5) is 27.6. The lowest BCUT2D eigenvalue weighted by Gasteiger charge is -2.37. The molecule has 0 aromatic heterocycles. The van der Waals surface area contributed by atoms with E-state index in [9.17, 15) is 23.3 Å². The molecule has 2 fully saturated rings. The summed E-state index contributed by atoms with van der Waals surface area (Å²) in [6.07, 6.45) is 1.76. The zero-order valence-electron chi connectivity index (χ0n) is 18.6. The minimum atomic E-state index is -3.89. The molecule has 1 amide bonds. The zero-order chi connectivity index (χ0) is 23.6. The Hall–Kier alpha value is -2.82. The molecule has 0 bridgehead atoms. The van der Waals surface area contributed by atoms with Crippen molar-refractivity contribution in [3.05, 3.63) is 69.8 Å². The zero-order valence-corrected chi connectivity index (χ0v) is 19.4. The van der Waals surface area contributed by atoms with Gasteiger partial charge in [-0.25, -0.2) is 8.42 Å². The van der Waals surface area contributed by atoms with Crippen LogP contribution in [0.5, 0.6) is 0 Å². The standard InChI is InChI=1S/C23H28N4O5S/c1-18-9-10-20(27(29)30)16-22(18)33(31,32)26-14-12-24(13-15-26)23(28)21-8-5-11-25(21)17-19-6-3-2-4-7-19/h2-4,6-7,9-10,16,21H,5,8,11-15,17H2,1H3. The number of hydrogen-bond donors (Lipinski definition) is 0. The fraction of sp³-hybridized carbons (Fsp3) is 0.435. The van der Waals surface area contributed by atoms with Gasteiger partial charge < -0.3 is 4.90 Å². The second-order valence-corrected chi connectivity index (χ2v) is 10.5. The Morgan fingerprint density at radius 3 is 2.42 bits per heavy atom. The molecule has 4 rings (SSSR count). The van der Waals surface area contributed by atoms with Gasteiger partial charge in [0, 0.05) is 44.9 Å². The van der Waals surface area contributed by atoms with E-state index < -0.39 is 14.9 Å². The Labute approximate surface area is 193 Å². The summed E-state index contributed by atoms with van der Waals surface area (Å²) in [5.41, 5.74) is 1.37. The van der Waals surface area contributed by atoms with Crippen LogP contribution in [0.4, 0.5) is 5.69 Å². The van der Waals surface area contributed by atoms with Gasteiger partial charge >= 0.3 is 0 Å². The highest BCUT2D eigenvalue weighted by atomic mass is 32.2. The van der Waals surface area contributed by atoms with Crippen molar-refractivity contribution in [1.82, 2.24) is 14.1 Å². The number of nitro groups is 1. The maximum atomic E-state index is 13.2. The van der Waals surface area contributed by atoms with Gasteiger partial charge in [0.25, 0.3) is 5.69 Å². The summed E-state index contributed by atoms with van der Waals surface area (Å²) in [5.74, 6) is 0.0482. The van der Waals surface area contributed by atoms with E-state index in [0.717, 1.165) is 32.0 Å². The lowest BCUT2D eigenvalue weighted by Crippen LogP contribution is -2.54. The van der Waals surface area contributed by atoms with Crippen LogP contribution in [-0.4, -0.2) is 72.1 Å². The number of hydrogen-bond acceptors (Lipinski definition) is 6. The Balaban J connectivity index is 1.41. The van der Waals surface area contributed by atoms with Crippen molar-refractivity contribution in [3.63, 3.8) is 0 Å². The first kappa shape index (κ1) is 23.3. The van der Waals surface area contributed by atoms with E-state index in [0.29, 0.717) is 18.7 Å². The number of non-ortho nitro benzene ring substituents is 1. The van der Waals surface area contributed by atoms with Crippen molar-refractivity contribution < 1.29 is 18.1 Å². The van der Waals surface area contributed by atoms with Gasteiger partial charge in [-0.05, 0) is 37.4 Å². The molecule has 0 radical (unpaired) electrons. The molecule has 0 spiro atoms. The first-order chi connectivity index (χ1) is 15.8. The smallest absolute Gasteiger partial charge is 0.270 e. The van der Waals surface area contributed by atoms with Gasteiger partial charge in [-0.2, -0.15) is 4.31 Å². The van der Waals surface area contributed by atoms with Gasteiger partial charge in [0.05, 0.1) is 15.9 Å². The largest absolute Gasteiger partial charge is 0.339 e. The number of benzene rings is 2. The van der Waals surface area contributed by atoms with Crippen LogP contribution in [0.2, 0.25) is 0 Å². The third-order valence-electron chi connectivity index (χ3n) is 6.43. The van der Waals surface area contributed by atoms with E-state index in [1.807, 2.05) is 18.2 Å². The van der Waals surface area contributed by atoms with Crippen molar-refractivity contribution in [2.75, 3.05) is 32.7 Å². The number of nitrogens with zero attached hydrogens (tertiary/aromatic N) is 4. The summed E-state index contributed by atoms with van der Waals surface area (Å²) in [6.45, 7) is 4.16. The van der Waals surface area contributed by atoms with Crippen LogP contribution in [0.1, 0.15) is 24.0 Å². The first-order valence-electron chi connectivity index (χ1n) is 11.1. The SMILES string of the molecule is Cc1ccc([N+](=O)[O-])cc1S(=O)(=O)N1CCN(C(=O)C2CCCN2Cc2ccccc2)CC1. The Morgan fingerprint density at radius 2 is 1.76 bits per heavy atom. The van der Waals surface area contributed by atoms with Crippen molar-refractivity contribution >= 4 is 21.6 Å². The molecule has 0 saturated carbocycles. The van der Waals surface area contributed by atoms with Crippen LogP contribution in [-0.2, 0) is 21.4 Å². The fourth-order valence-corrected chi connectivity index (χ4v) is 6.26. The lowest BCUT2D eigenvalue weighted by atomic mass is 10.1. The molecule has 0 aliphatic carbocycles. The van der Waals surface area contributed by atoms with Gasteiger partial charge in [0.1, 0.15) is 0 Å². The van der Waals surface area contributed by atoms with E-state index in [1.54, 1.807) is 11.8 Å². The molecule has 2 aliphatic heterocycles. The minimum Gasteiger partial charge on any atom is -0.339 e. The quantitative estimate of drug-likeness (QED) is 0.472. The van der Waals surface area contributed by atoms with Gasteiger partial charge in [-0.15, -0.1) is 0 Å². The van der Waals surface area contributed by atoms with E-state index in [1.165, 1.54) is 22.0 Å². The number of rotatable bonds is 6. The molecule has 1 unspecified atom stereocenters. The molecule has 9 nitrogen and oxygen atoms in total. The summed E-state index contributed by atoms with van der Waals surface area (Å²) in [5, 5.41) is 11.1. The highest BCUT2D eigenvalue weighted by Crippen LogP contribution is 2.27. The predicted molar refractivity (Wildman–Crippen MR) is 123 cm³/mol. The summed E-state index contributed by atoms with van der Waals surface area (Å²) in [7, 11) is -3.89. The van der Waals surface area contributed by atoms with Crippen molar-refractivity contribution in [3.8, 4) is 0 Å². The van der Waals surface area contributed by atoms with E-state index in [-0.39, 0.29) is 35.6 Å². The third-order valence-corrected chi connectivity index (χ3v) is 8.47. The van der Waals surface area contributed by atoms with Gasteiger partial charge in [0.2, 0.25) is 15.9 Å². The predicted octanol–water partition coefficient (Wildman–Crippen LogP) is 2.40. The van der Waals surface area contributed by atoms with Gasteiger partial charge in [-0.3, -0.25) is 19.8 Å². The summed E-state index contributed by atoms with van der Waals surface area (Å²) in [6, 6.07) is 13.7. The summed E-state index contributed by atoms with van der Waals surface area (Å²) >= 11 is 0. The molecule has 2 aromatic carbocycles. The van der Waals surface area contributed by atoms with E-state index in [4.69, 9.17) is 0 Å². The average Bonchev–Trinajstić information content (AvgIpc) is 3.27. The van der Waals surface area contributed by atoms with Crippen LogP contribution in [0.3, 0.4) is 0 Å². The molecule has 176 valence electrons. The minimum absolute atomic E-state index is 0.0482. The Bertz CT molecular complexity index is 1130. The topological polar surface area (TPSA) is 104 Å². The monoisotopic (exact) mass is 472 g/mol. The number of carbonyl (C=O) groups excluding carboxylic acids is 1. The molecular weight excluding hydrogens is 444 g/mol. The van der Waals surface area contributed by atoms with Crippen LogP contribution in [0, 0.1) is 17.0 Å². The van der Waals surface area contributed by atoms with Crippen molar-refractivity contribution in [1.29, 1.82) is 0 Å². The molecule has 10 heteroatoms. The molecule has 2 aromatic rings. The number of nitro benzene ring substituents is 1. The van der Waals surface area contributed by atoms with Gasteiger partial charge in [-0.1, -0.05) is 36.4 Å². The first-order valence-corrected chi connectivity index (χ1v) is 12.5. The van der Waals surface area contributed by atoms with Crippen LogP contribution >= 0.6 is 0 Å². The van der Waals surface area contributed by atoms with Crippen LogP contribution in [0.25, 0.3) is 0 Å². The second-order valence-electron chi connectivity index (χ2n) is 8.55. The van der Waals surface area contributed by atoms with E-state index >= 15 is 0 Å². The van der Waals surface area contributed by atoms with Gasteiger partial charge in [0.15, 0.2) is 0 Å². The number of likely N-dealkylation sites (tertiary alicyclic amines) is 1. The molecule has 2 saturated heterocycles. The third kappa shape index (κ3) is 4.92. The molecule has 1 atom stereocenters. The number of piperazine rings is 1.